The van der Waals surface area contributed by atoms with Gasteiger partial charge in [-0.1, -0.05) is 37.5 Å². The van der Waals surface area contributed by atoms with E-state index in [4.69, 9.17) is 0 Å². The Labute approximate surface area is 103 Å². The van der Waals surface area contributed by atoms with Crippen LogP contribution in [0.15, 0.2) is 24.3 Å². The minimum atomic E-state index is 0.115. The Kier molecular flexibility index (Phi) is 2.46. The smallest absolute Gasteiger partial charge is 0.254 e. The Morgan fingerprint density at radius 1 is 1.12 bits per heavy atom. The minimum Gasteiger partial charge on any atom is -0.336 e. The summed E-state index contributed by atoms with van der Waals surface area (Å²) in [7, 11) is 1.99. The summed E-state index contributed by atoms with van der Waals surface area (Å²) >= 11 is 0. The number of hydrogen-bond acceptors (Lipinski definition) is 1. The van der Waals surface area contributed by atoms with Gasteiger partial charge in [0.1, 0.15) is 0 Å². The van der Waals surface area contributed by atoms with Gasteiger partial charge in [0.15, 0.2) is 0 Å². The minimum absolute atomic E-state index is 0.115. The zero-order chi connectivity index (χ0) is 11.9. The first-order valence-corrected chi connectivity index (χ1v) is 6.59. The van der Waals surface area contributed by atoms with Gasteiger partial charge < -0.3 is 4.90 Å². The number of nitrogens with zero attached hydrogens (tertiary/aromatic N) is 1. The van der Waals surface area contributed by atoms with Crippen LogP contribution in [0.2, 0.25) is 0 Å². The number of hydrogen-bond donors (Lipinski definition) is 0. The molecule has 2 aliphatic rings. The van der Waals surface area contributed by atoms with E-state index in [-0.39, 0.29) is 11.4 Å². The number of carbonyl (C=O) groups excluding carboxylic acids is 1. The van der Waals surface area contributed by atoms with Gasteiger partial charge >= 0.3 is 0 Å². The van der Waals surface area contributed by atoms with Crippen molar-refractivity contribution in [3.8, 4) is 0 Å². The van der Waals surface area contributed by atoms with Gasteiger partial charge in [-0.15, -0.1) is 0 Å². The van der Waals surface area contributed by atoms with Crippen LogP contribution in [-0.2, 0) is 6.42 Å². The average Bonchev–Trinajstić information content (AvgIpc) is 2.37. The normalized spacial score (nSPS) is 22.6. The quantitative estimate of drug-likeness (QED) is 0.669. The van der Waals surface area contributed by atoms with E-state index in [1.807, 2.05) is 30.1 Å². The van der Waals surface area contributed by atoms with Crippen molar-refractivity contribution in [3.05, 3.63) is 35.4 Å². The molecule has 1 spiro atoms. The monoisotopic (exact) mass is 229 g/mol. The summed E-state index contributed by atoms with van der Waals surface area (Å²) < 4.78 is 0. The zero-order valence-electron chi connectivity index (χ0n) is 10.4. The highest BCUT2D eigenvalue weighted by Gasteiger charge is 2.42. The fourth-order valence-corrected chi connectivity index (χ4v) is 3.47. The molecule has 1 aliphatic carbocycles. The summed E-state index contributed by atoms with van der Waals surface area (Å²) in [6.45, 7) is 0. The predicted octanol–water partition coefficient (Wildman–Crippen LogP) is 3.02. The third-order valence-corrected chi connectivity index (χ3v) is 4.57. The van der Waals surface area contributed by atoms with Crippen LogP contribution in [-0.4, -0.2) is 23.4 Å². The fourth-order valence-electron chi connectivity index (χ4n) is 3.47. The van der Waals surface area contributed by atoms with E-state index in [9.17, 15) is 4.79 Å². The second kappa shape index (κ2) is 3.86. The average molecular weight is 229 g/mol. The van der Waals surface area contributed by atoms with Gasteiger partial charge in [0.2, 0.25) is 0 Å². The first kappa shape index (κ1) is 10.8. The first-order chi connectivity index (χ1) is 8.23. The van der Waals surface area contributed by atoms with Crippen LogP contribution in [0.5, 0.6) is 0 Å². The molecule has 0 bridgehead atoms. The summed E-state index contributed by atoms with van der Waals surface area (Å²) in [5.74, 6) is 0.216. The molecule has 1 aliphatic heterocycles. The van der Waals surface area contributed by atoms with Crippen molar-refractivity contribution >= 4 is 5.91 Å². The van der Waals surface area contributed by atoms with Crippen molar-refractivity contribution in [1.29, 1.82) is 0 Å². The van der Waals surface area contributed by atoms with Gasteiger partial charge in [0.05, 0.1) is 0 Å². The van der Waals surface area contributed by atoms with Gasteiger partial charge in [0.25, 0.3) is 5.91 Å². The lowest BCUT2D eigenvalue weighted by molar-refractivity contribution is 0.0392. The highest BCUT2D eigenvalue weighted by Crippen LogP contribution is 2.40. The SMILES string of the molecule is CN1C(=O)c2ccccc2CC12CCCCC2. The van der Waals surface area contributed by atoms with Crippen LogP contribution < -0.4 is 0 Å². The van der Waals surface area contributed by atoms with E-state index < -0.39 is 0 Å². The summed E-state index contributed by atoms with van der Waals surface area (Å²) in [4.78, 5) is 14.4. The molecule has 1 aromatic rings. The maximum atomic E-state index is 12.4. The Bertz CT molecular complexity index is 446. The molecule has 0 radical (unpaired) electrons. The maximum absolute atomic E-state index is 12.4. The van der Waals surface area contributed by atoms with Crippen LogP contribution >= 0.6 is 0 Å². The zero-order valence-corrected chi connectivity index (χ0v) is 10.4. The van der Waals surface area contributed by atoms with Crippen LogP contribution in [0.4, 0.5) is 0 Å². The Morgan fingerprint density at radius 2 is 1.82 bits per heavy atom. The highest BCUT2D eigenvalue weighted by molar-refractivity contribution is 5.97. The summed E-state index contributed by atoms with van der Waals surface area (Å²) in [5, 5.41) is 0. The lowest BCUT2D eigenvalue weighted by Gasteiger charge is -2.48. The van der Waals surface area contributed by atoms with Crippen molar-refractivity contribution in [2.45, 2.75) is 44.1 Å². The Hall–Kier alpha value is -1.31. The molecule has 2 nitrogen and oxygen atoms in total. The van der Waals surface area contributed by atoms with Crippen molar-refractivity contribution in [3.63, 3.8) is 0 Å². The summed E-state index contributed by atoms with van der Waals surface area (Å²) in [6.07, 6.45) is 7.24. The largest absolute Gasteiger partial charge is 0.336 e. The molecule has 90 valence electrons. The van der Waals surface area contributed by atoms with Gasteiger partial charge in [0, 0.05) is 18.2 Å². The molecular formula is C15H19NO. The lowest BCUT2D eigenvalue weighted by atomic mass is 9.73. The van der Waals surface area contributed by atoms with Crippen LogP contribution in [0.25, 0.3) is 0 Å². The molecule has 0 saturated heterocycles. The van der Waals surface area contributed by atoms with Crippen molar-refractivity contribution < 1.29 is 4.79 Å². The molecule has 1 fully saturated rings. The number of benzene rings is 1. The molecular weight excluding hydrogens is 210 g/mol. The molecule has 0 atom stereocenters. The number of carbonyl (C=O) groups is 1. The number of fused-ring (bicyclic) bond motifs is 1. The first-order valence-electron chi connectivity index (χ1n) is 6.59. The Balaban J connectivity index is 2.03. The standard InChI is InChI=1S/C15H19NO/c1-16-14(17)13-8-4-3-7-12(13)11-15(16)9-5-2-6-10-15/h3-4,7-8H,2,5-6,9-11H2,1H3. The second-order valence-electron chi connectivity index (χ2n) is 5.48. The van der Waals surface area contributed by atoms with E-state index >= 15 is 0 Å². The maximum Gasteiger partial charge on any atom is 0.254 e. The molecule has 1 amide bonds. The molecule has 3 rings (SSSR count). The third kappa shape index (κ3) is 1.58. The van der Waals surface area contributed by atoms with Gasteiger partial charge in [-0.2, -0.15) is 0 Å². The van der Waals surface area contributed by atoms with E-state index in [0.717, 1.165) is 12.0 Å². The number of rotatable bonds is 0. The van der Waals surface area contributed by atoms with E-state index in [2.05, 4.69) is 6.07 Å². The van der Waals surface area contributed by atoms with E-state index in [0.29, 0.717) is 0 Å². The van der Waals surface area contributed by atoms with Gasteiger partial charge in [-0.05, 0) is 30.9 Å². The van der Waals surface area contributed by atoms with Crippen LogP contribution in [0.3, 0.4) is 0 Å². The molecule has 1 aromatic carbocycles. The third-order valence-electron chi connectivity index (χ3n) is 4.57. The van der Waals surface area contributed by atoms with E-state index in [1.165, 1.54) is 37.7 Å². The molecule has 17 heavy (non-hydrogen) atoms. The molecule has 1 saturated carbocycles. The molecule has 1 heterocycles. The van der Waals surface area contributed by atoms with E-state index in [1.54, 1.807) is 0 Å². The highest BCUT2D eigenvalue weighted by atomic mass is 16.2. The molecule has 0 N–H and O–H groups in total. The molecule has 2 heteroatoms. The number of amides is 1. The van der Waals surface area contributed by atoms with Crippen molar-refractivity contribution in [2.75, 3.05) is 7.05 Å². The van der Waals surface area contributed by atoms with Crippen LogP contribution in [0, 0.1) is 0 Å². The Morgan fingerprint density at radius 3 is 2.59 bits per heavy atom. The van der Waals surface area contributed by atoms with Crippen molar-refractivity contribution in [2.24, 2.45) is 0 Å². The summed E-state index contributed by atoms with van der Waals surface area (Å²) in [6, 6.07) is 8.10. The topological polar surface area (TPSA) is 20.3 Å². The predicted molar refractivity (Wildman–Crippen MR) is 68.1 cm³/mol. The molecule has 0 aromatic heterocycles. The van der Waals surface area contributed by atoms with Gasteiger partial charge in [-0.25, -0.2) is 0 Å². The molecule has 0 unspecified atom stereocenters. The van der Waals surface area contributed by atoms with Crippen molar-refractivity contribution in [1.82, 2.24) is 4.90 Å². The van der Waals surface area contributed by atoms with Crippen LogP contribution in [0.1, 0.15) is 48.0 Å². The lowest BCUT2D eigenvalue weighted by Crippen LogP contribution is -2.55. The fraction of sp³-hybridized carbons (Fsp3) is 0.533. The second-order valence-corrected chi connectivity index (χ2v) is 5.48. The number of likely N-dealkylation sites (N-methyl/N-ethyl adjacent to an activating group) is 1. The van der Waals surface area contributed by atoms with Gasteiger partial charge in [-0.3, -0.25) is 4.79 Å². The summed E-state index contributed by atoms with van der Waals surface area (Å²) in [5.41, 5.74) is 2.27.